The van der Waals surface area contributed by atoms with Crippen LogP contribution in [0.3, 0.4) is 0 Å². The Hall–Kier alpha value is -0.800. The lowest BCUT2D eigenvalue weighted by Crippen LogP contribution is -2.57. The van der Waals surface area contributed by atoms with Gasteiger partial charge in [0.1, 0.15) is 5.82 Å². The lowest BCUT2D eigenvalue weighted by atomic mass is 9.99. The van der Waals surface area contributed by atoms with Gasteiger partial charge in [0, 0.05) is 36.7 Å². The predicted octanol–water partition coefficient (Wildman–Crippen LogP) is 3.09. The van der Waals surface area contributed by atoms with Gasteiger partial charge in [0.25, 0.3) is 0 Å². The molecule has 1 aromatic rings. The summed E-state index contributed by atoms with van der Waals surface area (Å²) in [5.41, 5.74) is 1.88. The number of alkyl halides is 1. The van der Waals surface area contributed by atoms with Gasteiger partial charge < -0.3 is 4.90 Å². The first-order valence-corrected chi connectivity index (χ1v) is 6.77. The summed E-state index contributed by atoms with van der Waals surface area (Å²) in [7, 11) is 2.13. The Kier molecular flexibility index (Phi) is 3.83. The van der Waals surface area contributed by atoms with E-state index in [-0.39, 0.29) is 11.4 Å². The molecule has 2 rings (SSSR count). The molecule has 0 aromatic heterocycles. The van der Waals surface area contributed by atoms with Gasteiger partial charge in [0.2, 0.25) is 0 Å². The largest absolute Gasteiger partial charge is 0.368 e. The van der Waals surface area contributed by atoms with Gasteiger partial charge in [-0.25, -0.2) is 4.39 Å². The first kappa shape index (κ1) is 13.6. The van der Waals surface area contributed by atoms with E-state index in [2.05, 4.69) is 30.7 Å². The van der Waals surface area contributed by atoms with Crippen LogP contribution in [0.25, 0.3) is 0 Å². The number of piperazine rings is 1. The normalized spacial score (nSPS) is 20.2. The van der Waals surface area contributed by atoms with E-state index >= 15 is 0 Å². The lowest BCUT2D eigenvalue weighted by molar-refractivity contribution is 0.139. The molecule has 1 saturated heterocycles. The number of halogens is 2. The molecular weight excluding hydrogens is 251 g/mol. The standard InChI is InChI=1S/C14H20ClFN2/c1-14(2)10-18(5-4-17(14)3)13-7-11(9-15)6-12(16)8-13/h6-8H,4-5,9-10H2,1-3H3. The zero-order valence-corrected chi connectivity index (χ0v) is 12.0. The van der Waals surface area contributed by atoms with Crippen LogP contribution in [0.1, 0.15) is 19.4 Å². The van der Waals surface area contributed by atoms with Crippen LogP contribution in [-0.2, 0) is 5.88 Å². The zero-order chi connectivity index (χ0) is 13.3. The molecule has 1 aromatic carbocycles. The van der Waals surface area contributed by atoms with Crippen molar-refractivity contribution in [1.29, 1.82) is 0 Å². The molecule has 0 aliphatic carbocycles. The van der Waals surface area contributed by atoms with Crippen molar-refractivity contribution in [2.45, 2.75) is 25.3 Å². The molecule has 0 radical (unpaired) electrons. The Labute approximate surface area is 113 Å². The predicted molar refractivity (Wildman–Crippen MR) is 74.9 cm³/mol. The maximum Gasteiger partial charge on any atom is 0.125 e. The second-order valence-corrected chi connectivity index (χ2v) is 5.87. The summed E-state index contributed by atoms with van der Waals surface area (Å²) < 4.78 is 13.5. The summed E-state index contributed by atoms with van der Waals surface area (Å²) in [6.45, 7) is 7.22. The highest BCUT2D eigenvalue weighted by atomic mass is 35.5. The highest BCUT2D eigenvalue weighted by Gasteiger charge is 2.31. The molecule has 1 aliphatic rings. The summed E-state index contributed by atoms with van der Waals surface area (Å²) in [5, 5.41) is 0. The monoisotopic (exact) mass is 270 g/mol. The van der Waals surface area contributed by atoms with Crippen molar-refractivity contribution in [2.75, 3.05) is 31.6 Å². The van der Waals surface area contributed by atoms with Crippen LogP contribution in [0.5, 0.6) is 0 Å². The molecule has 100 valence electrons. The van der Waals surface area contributed by atoms with E-state index < -0.39 is 0 Å². The smallest absolute Gasteiger partial charge is 0.125 e. The number of hydrogen-bond donors (Lipinski definition) is 0. The van der Waals surface area contributed by atoms with Gasteiger partial charge >= 0.3 is 0 Å². The zero-order valence-electron chi connectivity index (χ0n) is 11.2. The van der Waals surface area contributed by atoms with Crippen LogP contribution in [-0.4, -0.2) is 37.1 Å². The second kappa shape index (κ2) is 5.06. The molecule has 0 spiro atoms. The molecule has 1 aliphatic heterocycles. The molecule has 0 saturated carbocycles. The molecule has 18 heavy (non-hydrogen) atoms. The van der Waals surface area contributed by atoms with Crippen LogP contribution in [0.15, 0.2) is 18.2 Å². The Morgan fingerprint density at radius 1 is 1.28 bits per heavy atom. The van der Waals surface area contributed by atoms with Crippen molar-refractivity contribution in [2.24, 2.45) is 0 Å². The SMILES string of the molecule is CN1CCN(c2cc(F)cc(CCl)c2)CC1(C)C. The third kappa shape index (κ3) is 2.78. The molecule has 0 amide bonds. The number of nitrogens with zero attached hydrogens (tertiary/aromatic N) is 2. The first-order valence-electron chi connectivity index (χ1n) is 6.24. The van der Waals surface area contributed by atoms with Crippen molar-refractivity contribution >= 4 is 17.3 Å². The van der Waals surface area contributed by atoms with Crippen molar-refractivity contribution in [3.63, 3.8) is 0 Å². The molecule has 1 heterocycles. The maximum absolute atomic E-state index is 13.5. The second-order valence-electron chi connectivity index (χ2n) is 5.61. The van der Waals surface area contributed by atoms with Crippen LogP contribution in [0.4, 0.5) is 10.1 Å². The van der Waals surface area contributed by atoms with Crippen LogP contribution in [0.2, 0.25) is 0 Å². The Morgan fingerprint density at radius 2 is 2.00 bits per heavy atom. The van der Waals surface area contributed by atoms with Crippen molar-refractivity contribution in [3.8, 4) is 0 Å². The minimum Gasteiger partial charge on any atom is -0.368 e. The van der Waals surface area contributed by atoms with Gasteiger partial charge in [-0.3, -0.25) is 4.90 Å². The van der Waals surface area contributed by atoms with E-state index in [4.69, 9.17) is 11.6 Å². The first-order chi connectivity index (χ1) is 8.42. The fourth-order valence-corrected chi connectivity index (χ4v) is 2.51. The van der Waals surface area contributed by atoms with Gasteiger partial charge in [-0.2, -0.15) is 0 Å². The van der Waals surface area contributed by atoms with Crippen molar-refractivity contribution < 1.29 is 4.39 Å². The van der Waals surface area contributed by atoms with E-state index in [1.54, 1.807) is 6.07 Å². The number of rotatable bonds is 2. The van der Waals surface area contributed by atoms with Crippen LogP contribution < -0.4 is 4.90 Å². The minimum absolute atomic E-state index is 0.103. The lowest BCUT2D eigenvalue weighted by Gasteiger charge is -2.46. The summed E-state index contributed by atoms with van der Waals surface area (Å²) in [4.78, 5) is 4.57. The third-order valence-electron chi connectivity index (χ3n) is 3.78. The number of hydrogen-bond acceptors (Lipinski definition) is 2. The highest BCUT2D eigenvalue weighted by Crippen LogP contribution is 2.26. The molecule has 0 unspecified atom stereocenters. The van der Waals surface area contributed by atoms with Gasteiger partial charge in [0.15, 0.2) is 0 Å². The van der Waals surface area contributed by atoms with Crippen molar-refractivity contribution in [1.82, 2.24) is 4.90 Å². The molecule has 0 N–H and O–H groups in total. The third-order valence-corrected chi connectivity index (χ3v) is 4.09. The number of benzene rings is 1. The summed E-state index contributed by atoms with van der Waals surface area (Å²) in [5.74, 6) is 0.141. The van der Waals surface area contributed by atoms with E-state index in [9.17, 15) is 4.39 Å². The average Bonchev–Trinajstić information content (AvgIpc) is 2.31. The summed E-state index contributed by atoms with van der Waals surface area (Å²) in [6.07, 6.45) is 0. The Bertz CT molecular complexity index is 434. The number of likely N-dealkylation sites (N-methyl/N-ethyl adjacent to an activating group) is 1. The maximum atomic E-state index is 13.5. The van der Waals surface area contributed by atoms with Gasteiger partial charge in [-0.05, 0) is 44.7 Å². The van der Waals surface area contributed by atoms with E-state index in [1.165, 1.54) is 6.07 Å². The minimum atomic E-state index is -0.208. The molecule has 2 nitrogen and oxygen atoms in total. The van der Waals surface area contributed by atoms with Gasteiger partial charge in [0.05, 0.1) is 0 Å². The van der Waals surface area contributed by atoms with Gasteiger partial charge in [-0.15, -0.1) is 11.6 Å². The topological polar surface area (TPSA) is 6.48 Å². The average molecular weight is 271 g/mol. The molecule has 0 bridgehead atoms. The highest BCUT2D eigenvalue weighted by molar-refractivity contribution is 6.17. The summed E-state index contributed by atoms with van der Waals surface area (Å²) >= 11 is 5.80. The van der Waals surface area contributed by atoms with E-state index in [0.717, 1.165) is 30.9 Å². The summed E-state index contributed by atoms with van der Waals surface area (Å²) in [6, 6.07) is 5.08. The van der Waals surface area contributed by atoms with E-state index in [0.29, 0.717) is 5.88 Å². The van der Waals surface area contributed by atoms with E-state index in [1.807, 2.05) is 6.07 Å². The Balaban J connectivity index is 2.24. The number of anilines is 1. The molecular formula is C14H20ClFN2. The van der Waals surface area contributed by atoms with Crippen LogP contribution >= 0.6 is 11.6 Å². The molecule has 0 atom stereocenters. The van der Waals surface area contributed by atoms with Gasteiger partial charge in [-0.1, -0.05) is 0 Å². The molecule has 4 heteroatoms. The fourth-order valence-electron chi connectivity index (χ4n) is 2.35. The van der Waals surface area contributed by atoms with Crippen LogP contribution in [0, 0.1) is 5.82 Å². The fraction of sp³-hybridized carbons (Fsp3) is 0.571. The molecule has 1 fully saturated rings. The Morgan fingerprint density at radius 3 is 2.61 bits per heavy atom. The quantitative estimate of drug-likeness (QED) is 0.762. The van der Waals surface area contributed by atoms with Crippen molar-refractivity contribution in [3.05, 3.63) is 29.6 Å².